The monoisotopic (exact) mass is 340 g/mol. The summed E-state index contributed by atoms with van der Waals surface area (Å²) in [4.78, 5) is 4.09. The second-order valence-electron chi connectivity index (χ2n) is 6.04. The molecule has 1 heterocycles. The summed E-state index contributed by atoms with van der Waals surface area (Å²) in [5, 5.41) is 0.648. The Labute approximate surface area is 147 Å². The number of halogens is 1. The highest BCUT2D eigenvalue weighted by Crippen LogP contribution is 2.31. The Morgan fingerprint density at radius 3 is 2.50 bits per heavy atom. The minimum atomic E-state index is -0.0618. The van der Waals surface area contributed by atoms with E-state index in [0.29, 0.717) is 5.02 Å². The molecule has 0 N–H and O–H groups in total. The molecule has 2 aromatic carbocycles. The van der Waals surface area contributed by atoms with Crippen molar-refractivity contribution in [1.29, 1.82) is 0 Å². The van der Waals surface area contributed by atoms with E-state index in [1.54, 1.807) is 6.20 Å². The number of benzene rings is 2. The number of ether oxygens (including phenoxy) is 1. The molecule has 0 amide bonds. The molecule has 3 rings (SSSR count). The first-order chi connectivity index (χ1) is 11.6. The molecule has 0 aliphatic rings. The van der Waals surface area contributed by atoms with Crippen LogP contribution in [0, 0.1) is 13.8 Å². The fraction of sp³-hybridized carbons (Fsp3) is 0.250. The maximum atomic E-state index is 6.35. The largest absolute Gasteiger partial charge is 0.484 e. The quantitative estimate of drug-likeness (QED) is 0.603. The highest BCUT2D eigenvalue weighted by molar-refractivity contribution is 6.32. The van der Waals surface area contributed by atoms with Gasteiger partial charge in [0.1, 0.15) is 11.9 Å². The smallest absolute Gasteiger partial charge is 0.138 e. The highest BCUT2D eigenvalue weighted by atomic mass is 35.5. The van der Waals surface area contributed by atoms with Crippen molar-refractivity contribution in [3.63, 3.8) is 0 Å². The Bertz CT molecular complexity index is 782. The van der Waals surface area contributed by atoms with Crippen molar-refractivity contribution in [2.24, 2.45) is 0 Å². The summed E-state index contributed by atoms with van der Waals surface area (Å²) < 4.78 is 8.32. The summed E-state index contributed by atoms with van der Waals surface area (Å²) >= 11 is 6.35. The average Bonchev–Trinajstić information content (AvgIpc) is 3.08. The van der Waals surface area contributed by atoms with Gasteiger partial charge in [-0.1, -0.05) is 47.5 Å². The molecular weight excluding hydrogens is 320 g/mol. The Morgan fingerprint density at radius 2 is 1.83 bits per heavy atom. The SMILES string of the molecule is Cc1ccc([C@@H](CCn2ccnc2)Oc2ccc(C)cc2Cl)cc1. The van der Waals surface area contributed by atoms with Crippen molar-refractivity contribution in [3.05, 3.63) is 82.9 Å². The van der Waals surface area contributed by atoms with Gasteiger partial charge in [0, 0.05) is 25.4 Å². The minimum absolute atomic E-state index is 0.0618. The van der Waals surface area contributed by atoms with Gasteiger partial charge in [0.05, 0.1) is 11.3 Å². The van der Waals surface area contributed by atoms with E-state index in [1.165, 1.54) is 5.56 Å². The topological polar surface area (TPSA) is 27.1 Å². The third-order valence-electron chi connectivity index (χ3n) is 4.01. The normalized spacial score (nSPS) is 12.1. The summed E-state index contributed by atoms with van der Waals surface area (Å²) in [6.45, 7) is 4.94. The highest BCUT2D eigenvalue weighted by Gasteiger charge is 2.15. The third-order valence-corrected chi connectivity index (χ3v) is 4.31. The summed E-state index contributed by atoms with van der Waals surface area (Å²) in [5.41, 5.74) is 3.51. The number of nitrogens with zero attached hydrogens (tertiary/aromatic N) is 2. The van der Waals surface area contributed by atoms with E-state index in [1.807, 2.05) is 37.6 Å². The molecule has 0 fully saturated rings. The Hall–Kier alpha value is -2.26. The Morgan fingerprint density at radius 1 is 1.08 bits per heavy atom. The zero-order valence-corrected chi connectivity index (χ0v) is 14.7. The Kier molecular flexibility index (Phi) is 5.21. The lowest BCUT2D eigenvalue weighted by molar-refractivity contribution is 0.188. The predicted molar refractivity (Wildman–Crippen MR) is 97.6 cm³/mol. The van der Waals surface area contributed by atoms with E-state index in [4.69, 9.17) is 16.3 Å². The molecule has 0 spiro atoms. The summed E-state index contributed by atoms with van der Waals surface area (Å²) in [7, 11) is 0. The van der Waals surface area contributed by atoms with Crippen molar-refractivity contribution in [2.45, 2.75) is 32.9 Å². The van der Waals surface area contributed by atoms with Gasteiger partial charge in [-0.2, -0.15) is 0 Å². The molecule has 0 saturated carbocycles. The number of rotatable bonds is 6. The molecule has 4 heteroatoms. The molecule has 0 aliphatic heterocycles. The van der Waals surface area contributed by atoms with Gasteiger partial charge < -0.3 is 9.30 Å². The van der Waals surface area contributed by atoms with Gasteiger partial charge in [-0.05, 0) is 37.1 Å². The molecule has 0 bridgehead atoms. The maximum absolute atomic E-state index is 6.35. The minimum Gasteiger partial charge on any atom is -0.484 e. The van der Waals surface area contributed by atoms with E-state index in [-0.39, 0.29) is 6.10 Å². The standard InChI is InChI=1S/C20H21ClN2O/c1-15-3-6-17(7-4-15)19(9-11-23-12-10-22-14-23)24-20-8-5-16(2)13-18(20)21/h3-8,10,12-14,19H,9,11H2,1-2H3/t19-/m1/s1. The third kappa shape index (κ3) is 4.18. The van der Waals surface area contributed by atoms with Crippen LogP contribution in [0.1, 0.15) is 29.2 Å². The van der Waals surface area contributed by atoms with Crippen molar-refractivity contribution < 1.29 is 4.74 Å². The fourth-order valence-electron chi connectivity index (χ4n) is 2.61. The molecule has 0 aliphatic carbocycles. The predicted octanol–water partition coefficient (Wildman–Crippen LogP) is 5.36. The van der Waals surface area contributed by atoms with Gasteiger partial charge >= 0.3 is 0 Å². The van der Waals surface area contributed by atoms with Gasteiger partial charge in [0.2, 0.25) is 0 Å². The molecule has 3 nitrogen and oxygen atoms in total. The number of imidazole rings is 1. The number of hydrogen-bond donors (Lipinski definition) is 0. The van der Waals surface area contributed by atoms with Crippen molar-refractivity contribution >= 4 is 11.6 Å². The zero-order chi connectivity index (χ0) is 16.9. The molecule has 1 aromatic heterocycles. The molecule has 0 unspecified atom stereocenters. The lowest BCUT2D eigenvalue weighted by Crippen LogP contribution is -2.11. The van der Waals surface area contributed by atoms with Crippen LogP contribution in [0.5, 0.6) is 5.75 Å². The van der Waals surface area contributed by atoms with E-state index in [0.717, 1.165) is 29.8 Å². The van der Waals surface area contributed by atoms with Gasteiger partial charge in [0.15, 0.2) is 0 Å². The molecule has 3 aromatic rings. The van der Waals surface area contributed by atoms with Gasteiger partial charge in [-0.3, -0.25) is 0 Å². The van der Waals surface area contributed by atoms with Crippen LogP contribution in [0.15, 0.2) is 61.2 Å². The first-order valence-corrected chi connectivity index (χ1v) is 8.45. The lowest BCUT2D eigenvalue weighted by Gasteiger charge is -2.21. The zero-order valence-electron chi connectivity index (χ0n) is 13.9. The fourth-order valence-corrected chi connectivity index (χ4v) is 2.89. The van der Waals surface area contributed by atoms with Crippen LogP contribution in [0.25, 0.3) is 0 Å². The van der Waals surface area contributed by atoms with Crippen LogP contribution in [0.2, 0.25) is 5.02 Å². The summed E-state index contributed by atoms with van der Waals surface area (Å²) in [6.07, 6.45) is 6.35. The van der Waals surface area contributed by atoms with E-state index < -0.39 is 0 Å². The van der Waals surface area contributed by atoms with Crippen LogP contribution < -0.4 is 4.74 Å². The first kappa shape index (κ1) is 16.6. The summed E-state index contributed by atoms with van der Waals surface area (Å²) in [6, 6.07) is 14.4. The van der Waals surface area contributed by atoms with E-state index in [2.05, 4.69) is 40.7 Å². The summed E-state index contributed by atoms with van der Waals surface area (Å²) in [5.74, 6) is 0.721. The average molecular weight is 341 g/mol. The van der Waals surface area contributed by atoms with Crippen LogP contribution >= 0.6 is 11.6 Å². The van der Waals surface area contributed by atoms with Crippen LogP contribution in [-0.2, 0) is 6.54 Å². The van der Waals surface area contributed by atoms with E-state index in [9.17, 15) is 0 Å². The number of hydrogen-bond acceptors (Lipinski definition) is 2. The number of aromatic nitrogens is 2. The maximum Gasteiger partial charge on any atom is 0.138 e. The van der Waals surface area contributed by atoms with Crippen molar-refractivity contribution in [3.8, 4) is 5.75 Å². The molecule has 0 saturated heterocycles. The second kappa shape index (κ2) is 7.54. The van der Waals surface area contributed by atoms with Gasteiger partial charge in [-0.15, -0.1) is 0 Å². The number of aryl methyl sites for hydroxylation is 3. The lowest BCUT2D eigenvalue weighted by atomic mass is 10.0. The van der Waals surface area contributed by atoms with Crippen molar-refractivity contribution in [1.82, 2.24) is 9.55 Å². The van der Waals surface area contributed by atoms with Gasteiger partial charge in [-0.25, -0.2) is 4.98 Å². The van der Waals surface area contributed by atoms with Gasteiger partial charge in [0.25, 0.3) is 0 Å². The van der Waals surface area contributed by atoms with E-state index >= 15 is 0 Å². The van der Waals surface area contributed by atoms with Crippen LogP contribution in [0.4, 0.5) is 0 Å². The molecule has 24 heavy (non-hydrogen) atoms. The van der Waals surface area contributed by atoms with Crippen LogP contribution in [0.3, 0.4) is 0 Å². The molecule has 1 atom stereocenters. The Balaban J connectivity index is 1.81. The second-order valence-corrected chi connectivity index (χ2v) is 6.45. The molecular formula is C20H21ClN2O. The first-order valence-electron chi connectivity index (χ1n) is 8.07. The van der Waals surface area contributed by atoms with Crippen LogP contribution in [-0.4, -0.2) is 9.55 Å². The van der Waals surface area contributed by atoms with Crippen molar-refractivity contribution in [2.75, 3.05) is 0 Å². The molecule has 124 valence electrons. The molecule has 0 radical (unpaired) electrons.